The van der Waals surface area contributed by atoms with Crippen molar-refractivity contribution < 1.29 is 4.39 Å². The molecule has 1 unspecified atom stereocenters. The lowest BCUT2D eigenvalue weighted by atomic mass is 10.1. The van der Waals surface area contributed by atoms with E-state index in [1.807, 2.05) is 13.0 Å². The summed E-state index contributed by atoms with van der Waals surface area (Å²) >= 11 is 1.55. The number of aryl methyl sites for hydroxylation is 1. The summed E-state index contributed by atoms with van der Waals surface area (Å²) in [5.41, 5.74) is 1.72. The van der Waals surface area contributed by atoms with E-state index in [4.69, 9.17) is 0 Å². The summed E-state index contributed by atoms with van der Waals surface area (Å²) in [6, 6.07) is 3.72. The lowest BCUT2D eigenvalue weighted by Crippen LogP contribution is -2.24. The maximum absolute atomic E-state index is 14.2. The Morgan fingerprint density at radius 1 is 1.33 bits per heavy atom. The average molecular weight is 264 g/mol. The van der Waals surface area contributed by atoms with Gasteiger partial charge in [-0.05, 0) is 51.9 Å². The van der Waals surface area contributed by atoms with Gasteiger partial charge in [0, 0.05) is 11.6 Å². The SMILES string of the molecule is Cc1nc2cc(C(C)N3CCCC3)c(F)cc2s1. The molecule has 4 heteroatoms. The van der Waals surface area contributed by atoms with E-state index in [-0.39, 0.29) is 11.9 Å². The topological polar surface area (TPSA) is 16.1 Å². The number of hydrogen-bond donors (Lipinski definition) is 0. The molecule has 1 aromatic heterocycles. The Kier molecular flexibility index (Phi) is 3.08. The number of hydrogen-bond acceptors (Lipinski definition) is 3. The lowest BCUT2D eigenvalue weighted by Gasteiger charge is -2.24. The highest BCUT2D eigenvalue weighted by Crippen LogP contribution is 2.31. The van der Waals surface area contributed by atoms with Gasteiger partial charge in [0.05, 0.1) is 15.2 Å². The normalized spacial score (nSPS) is 18.6. The van der Waals surface area contributed by atoms with Crippen LogP contribution in [0, 0.1) is 12.7 Å². The van der Waals surface area contributed by atoms with Crippen molar-refractivity contribution in [1.29, 1.82) is 0 Å². The first-order valence-electron chi connectivity index (χ1n) is 6.46. The van der Waals surface area contributed by atoms with E-state index in [2.05, 4.69) is 16.8 Å². The Bertz CT molecular complexity index is 572. The van der Waals surface area contributed by atoms with Gasteiger partial charge in [0.1, 0.15) is 5.82 Å². The van der Waals surface area contributed by atoms with Gasteiger partial charge < -0.3 is 0 Å². The maximum atomic E-state index is 14.2. The predicted octanol–water partition coefficient (Wildman–Crippen LogP) is 3.90. The first kappa shape index (κ1) is 12.1. The van der Waals surface area contributed by atoms with Gasteiger partial charge in [0.2, 0.25) is 0 Å². The number of rotatable bonds is 2. The maximum Gasteiger partial charge on any atom is 0.129 e. The Morgan fingerprint density at radius 2 is 2.06 bits per heavy atom. The second-order valence-electron chi connectivity index (χ2n) is 4.99. The zero-order valence-corrected chi connectivity index (χ0v) is 11.6. The minimum atomic E-state index is -0.0921. The van der Waals surface area contributed by atoms with Crippen LogP contribution in [0.1, 0.15) is 36.4 Å². The second-order valence-corrected chi connectivity index (χ2v) is 6.23. The van der Waals surface area contributed by atoms with Gasteiger partial charge in [-0.3, -0.25) is 4.90 Å². The molecule has 2 aromatic rings. The number of aromatic nitrogens is 1. The van der Waals surface area contributed by atoms with Crippen molar-refractivity contribution in [3.8, 4) is 0 Å². The molecule has 1 aromatic carbocycles. The van der Waals surface area contributed by atoms with Crippen molar-refractivity contribution in [1.82, 2.24) is 9.88 Å². The van der Waals surface area contributed by atoms with Crippen LogP contribution in [-0.2, 0) is 0 Å². The van der Waals surface area contributed by atoms with Crippen molar-refractivity contribution in [3.63, 3.8) is 0 Å². The minimum absolute atomic E-state index is 0.0921. The van der Waals surface area contributed by atoms with Crippen LogP contribution in [0.5, 0.6) is 0 Å². The van der Waals surface area contributed by atoms with Crippen LogP contribution in [0.4, 0.5) is 4.39 Å². The largest absolute Gasteiger partial charge is 0.297 e. The van der Waals surface area contributed by atoms with Crippen LogP contribution in [0.2, 0.25) is 0 Å². The van der Waals surface area contributed by atoms with Crippen molar-refractivity contribution in [3.05, 3.63) is 28.5 Å². The molecule has 2 nitrogen and oxygen atoms in total. The summed E-state index contributed by atoms with van der Waals surface area (Å²) in [5.74, 6) is -0.0921. The summed E-state index contributed by atoms with van der Waals surface area (Å²) in [6.45, 7) is 6.21. The second kappa shape index (κ2) is 4.59. The van der Waals surface area contributed by atoms with E-state index in [0.29, 0.717) is 0 Å². The Morgan fingerprint density at radius 3 is 2.78 bits per heavy atom. The number of fused-ring (bicyclic) bond motifs is 1. The Labute approximate surface area is 110 Å². The standard InChI is InChI=1S/C14H17FN2S/c1-9(17-5-3-4-6-17)11-7-13-14(8-12(11)15)18-10(2)16-13/h7-9H,3-6H2,1-2H3. The quantitative estimate of drug-likeness (QED) is 0.817. The Balaban J connectivity index is 2.01. The van der Waals surface area contributed by atoms with Gasteiger partial charge in [0.25, 0.3) is 0 Å². The number of halogens is 1. The van der Waals surface area contributed by atoms with Crippen molar-refractivity contribution >= 4 is 21.6 Å². The fourth-order valence-corrected chi connectivity index (χ4v) is 3.56. The molecule has 2 heterocycles. The van der Waals surface area contributed by atoms with Crippen LogP contribution in [0.25, 0.3) is 10.2 Å². The monoisotopic (exact) mass is 264 g/mol. The summed E-state index contributed by atoms with van der Waals surface area (Å²) in [5, 5.41) is 0.996. The molecule has 1 aliphatic heterocycles. The molecule has 96 valence electrons. The molecule has 0 spiro atoms. The molecule has 0 saturated carbocycles. The highest BCUT2D eigenvalue weighted by atomic mass is 32.1. The van der Waals surface area contributed by atoms with Gasteiger partial charge in [-0.25, -0.2) is 9.37 Å². The molecule has 0 radical (unpaired) electrons. The van der Waals surface area contributed by atoms with Gasteiger partial charge in [-0.15, -0.1) is 11.3 Å². The third kappa shape index (κ3) is 2.04. The van der Waals surface area contributed by atoms with Crippen molar-refractivity contribution in [2.24, 2.45) is 0 Å². The van der Waals surface area contributed by atoms with E-state index in [1.54, 1.807) is 17.4 Å². The molecule has 18 heavy (non-hydrogen) atoms. The van der Waals surface area contributed by atoms with E-state index >= 15 is 0 Å². The van der Waals surface area contributed by atoms with E-state index in [9.17, 15) is 4.39 Å². The molecule has 1 fully saturated rings. The molecule has 0 N–H and O–H groups in total. The van der Waals surface area contributed by atoms with Crippen molar-refractivity contribution in [2.45, 2.75) is 32.7 Å². The summed E-state index contributed by atoms with van der Waals surface area (Å²) in [7, 11) is 0. The Hall–Kier alpha value is -1.00. The van der Waals surface area contributed by atoms with E-state index < -0.39 is 0 Å². The first-order valence-corrected chi connectivity index (χ1v) is 7.27. The molecular formula is C14H17FN2S. The molecule has 0 aliphatic carbocycles. The molecule has 1 aliphatic rings. The molecule has 1 saturated heterocycles. The number of nitrogens with zero attached hydrogens (tertiary/aromatic N) is 2. The van der Waals surface area contributed by atoms with Gasteiger partial charge in [-0.2, -0.15) is 0 Å². The molecule has 0 bridgehead atoms. The molecule has 1 atom stereocenters. The van der Waals surface area contributed by atoms with Crippen LogP contribution < -0.4 is 0 Å². The lowest BCUT2D eigenvalue weighted by molar-refractivity contribution is 0.258. The number of thiazole rings is 1. The van der Waals surface area contributed by atoms with Gasteiger partial charge in [-0.1, -0.05) is 0 Å². The third-order valence-electron chi connectivity index (χ3n) is 3.75. The van der Waals surface area contributed by atoms with E-state index in [0.717, 1.165) is 33.9 Å². The molecule has 0 amide bonds. The highest BCUT2D eigenvalue weighted by Gasteiger charge is 2.22. The minimum Gasteiger partial charge on any atom is -0.297 e. The van der Waals surface area contributed by atoms with Crippen LogP contribution in [0.15, 0.2) is 12.1 Å². The predicted molar refractivity (Wildman–Crippen MR) is 73.5 cm³/mol. The van der Waals surface area contributed by atoms with Gasteiger partial charge in [0.15, 0.2) is 0 Å². The van der Waals surface area contributed by atoms with Crippen molar-refractivity contribution in [2.75, 3.05) is 13.1 Å². The number of likely N-dealkylation sites (tertiary alicyclic amines) is 1. The average Bonchev–Trinajstić information content (AvgIpc) is 2.94. The third-order valence-corrected chi connectivity index (χ3v) is 4.69. The summed E-state index contributed by atoms with van der Waals surface area (Å²) in [6.07, 6.45) is 2.45. The smallest absolute Gasteiger partial charge is 0.129 e. The molecular weight excluding hydrogens is 247 g/mol. The van der Waals surface area contributed by atoms with Gasteiger partial charge >= 0.3 is 0 Å². The fraction of sp³-hybridized carbons (Fsp3) is 0.500. The number of benzene rings is 1. The highest BCUT2D eigenvalue weighted by molar-refractivity contribution is 7.18. The summed E-state index contributed by atoms with van der Waals surface area (Å²) < 4.78 is 15.1. The van der Waals surface area contributed by atoms with Crippen LogP contribution >= 0.6 is 11.3 Å². The summed E-state index contributed by atoms with van der Waals surface area (Å²) in [4.78, 5) is 6.81. The first-order chi connectivity index (χ1) is 8.65. The van der Waals surface area contributed by atoms with E-state index in [1.165, 1.54) is 12.8 Å². The zero-order chi connectivity index (χ0) is 12.7. The fourth-order valence-electron chi connectivity index (χ4n) is 2.73. The van der Waals surface area contributed by atoms with Crippen LogP contribution in [0.3, 0.4) is 0 Å². The molecule has 3 rings (SSSR count). The van der Waals surface area contributed by atoms with Crippen LogP contribution in [-0.4, -0.2) is 23.0 Å². The zero-order valence-electron chi connectivity index (χ0n) is 10.7.